The number of carbonyl (C=O) groups excluding carboxylic acids is 1. The average Bonchev–Trinajstić information content (AvgIpc) is 2.14. The summed E-state index contributed by atoms with van der Waals surface area (Å²) < 4.78 is 0. The Morgan fingerprint density at radius 2 is 2.14 bits per heavy atom. The summed E-state index contributed by atoms with van der Waals surface area (Å²) in [4.78, 5) is 11.0. The van der Waals surface area contributed by atoms with Crippen LogP contribution in [-0.2, 0) is 4.79 Å². The minimum absolute atomic E-state index is 0.144. The molecule has 1 amide bonds. The molecule has 0 aromatic carbocycles. The van der Waals surface area contributed by atoms with E-state index in [1.54, 1.807) is 6.92 Å². The number of hydrogen-bond donors (Lipinski definition) is 3. The lowest BCUT2D eigenvalue weighted by atomic mass is 10.1. The van der Waals surface area contributed by atoms with Crippen LogP contribution in [0, 0.1) is 0 Å². The van der Waals surface area contributed by atoms with Gasteiger partial charge in [0.05, 0.1) is 6.10 Å². The van der Waals surface area contributed by atoms with Gasteiger partial charge in [-0.3, -0.25) is 4.79 Å². The van der Waals surface area contributed by atoms with Crippen LogP contribution in [0.4, 0.5) is 0 Å². The van der Waals surface area contributed by atoms with E-state index < -0.39 is 6.10 Å². The van der Waals surface area contributed by atoms with Crippen molar-refractivity contribution in [1.29, 1.82) is 0 Å². The molecule has 14 heavy (non-hydrogen) atoms. The summed E-state index contributed by atoms with van der Waals surface area (Å²) >= 11 is 0. The minimum Gasteiger partial charge on any atom is -0.396 e. The highest BCUT2D eigenvalue weighted by atomic mass is 16.3. The maximum Gasteiger partial charge on any atom is 0.246 e. The molecule has 0 aliphatic rings. The predicted octanol–water partition coefficient (Wildman–Crippen LogP) is 0.202. The Balaban J connectivity index is 3.48. The lowest BCUT2D eigenvalue weighted by Gasteiger charge is -2.11. The van der Waals surface area contributed by atoms with Crippen molar-refractivity contribution in [2.75, 3.05) is 13.2 Å². The Kier molecular flexibility index (Phi) is 7.06. The van der Waals surface area contributed by atoms with Crippen LogP contribution in [-0.4, -0.2) is 35.4 Å². The van der Waals surface area contributed by atoms with Gasteiger partial charge in [0, 0.05) is 18.7 Å². The molecule has 0 radical (unpaired) electrons. The predicted molar refractivity (Wildman–Crippen MR) is 54.8 cm³/mol. The zero-order valence-corrected chi connectivity index (χ0v) is 8.62. The standard InChI is InChI=1S/C10H19NO3/c1-8(2)10(14)11-7-9(13)5-3-4-6-12/h9,12-13H,1,3-7H2,2H3,(H,11,14). The fourth-order valence-electron chi connectivity index (χ4n) is 0.955. The minimum atomic E-state index is -0.537. The highest BCUT2D eigenvalue weighted by Gasteiger charge is 2.06. The van der Waals surface area contributed by atoms with Gasteiger partial charge in [0.15, 0.2) is 0 Å². The summed E-state index contributed by atoms with van der Waals surface area (Å²) in [5.41, 5.74) is 0.438. The van der Waals surface area contributed by atoms with Crippen molar-refractivity contribution in [2.24, 2.45) is 0 Å². The van der Waals surface area contributed by atoms with E-state index in [1.165, 1.54) is 0 Å². The maximum absolute atomic E-state index is 11.0. The molecule has 4 heteroatoms. The van der Waals surface area contributed by atoms with E-state index in [0.29, 0.717) is 18.4 Å². The van der Waals surface area contributed by atoms with E-state index in [9.17, 15) is 9.90 Å². The molecule has 0 aromatic rings. The van der Waals surface area contributed by atoms with E-state index in [0.717, 1.165) is 6.42 Å². The largest absolute Gasteiger partial charge is 0.396 e. The van der Waals surface area contributed by atoms with Gasteiger partial charge in [-0.25, -0.2) is 0 Å². The Morgan fingerprint density at radius 1 is 1.50 bits per heavy atom. The van der Waals surface area contributed by atoms with Crippen LogP contribution in [0.3, 0.4) is 0 Å². The van der Waals surface area contributed by atoms with Crippen LogP contribution in [0.2, 0.25) is 0 Å². The smallest absolute Gasteiger partial charge is 0.246 e. The van der Waals surface area contributed by atoms with Gasteiger partial charge in [-0.2, -0.15) is 0 Å². The van der Waals surface area contributed by atoms with Gasteiger partial charge in [0.1, 0.15) is 0 Å². The number of nitrogens with one attached hydrogen (secondary N) is 1. The quantitative estimate of drug-likeness (QED) is 0.407. The summed E-state index contributed by atoms with van der Waals surface area (Å²) in [7, 11) is 0. The van der Waals surface area contributed by atoms with E-state index >= 15 is 0 Å². The van der Waals surface area contributed by atoms with Crippen molar-refractivity contribution in [3.63, 3.8) is 0 Å². The maximum atomic E-state index is 11.0. The Hall–Kier alpha value is -0.870. The number of carbonyl (C=O) groups is 1. The second kappa shape index (κ2) is 7.53. The normalized spacial score (nSPS) is 12.2. The molecule has 0 aliphatic heterocycles. The van der Waals surface area contributed by atoms with Crippen LogP contribution >= 0.6 is 0 Å². The number of aliphatic hydroxyl groups excluding tert-OH is 2. The Labute approximate surface area is 84.6 Å². The zero-order valence-electron chi connectivity index (χ0n) is 8.62. The summed E-state index contributed by atoms with van der Waals surface area (Å²) in [6.07, 6.45) is 1.51. The lowest BCUT2D eigenvalue weighted by Crippen LogP contribution is -2.32. The van der Waals surface area contributed by atoms with Crippen molar-refractivity contribution >= 4 is 5.91 Å². The number of amides is 1. The molecule has 0 rings (SSSR count). The monoisotopic (exact) mass is 201 g/mol. The van der Waals surface area contributed by atoms with Gasteiger partial charge < -0.3 is 15.5 Å². The molecule has 0 aliphatic carbocycles. The van der Waals surface area contributed by atoms with E-state index in [4.69, 9.17) is 5.11 Å². The first-order chi connectivity index (χ1) is 6.57. The lowest BCUT2D eigenvalue weighted by molar-refractivity contribution is -0.117. The zero-order chi connectivity index (χ0) is 11.0. The third kappa shape index (κ3) is 6.62. The van der Waals surface area contributed by atoms with Crippen LogP contribution in [0.1, 0.15) is 26.2 Å². The Morgan fingerprint density at radius 3 is 2.64 bits per heavy atom. The van der Waals surface area contributed by atoms with Crippen molar-refractivity contribution < 1.29 is 15.0 Å². The first-order valence-electron chi connectivity index (χ1n) is 4.80. The van der Waals surface area contributed by atoms with Crippen LogP contribution in [0.5, 0.6) is 0 Å². The van der Waals surface area contributed by atoms with Gasteiger partial charge in [-0.15, -0.1) is 0 Å². The second-order valence-electron chi connectivity index (χ2n) is 3.36. The van der Waals surface area contributed by atoms with E-state index in [-0.39, 0.29) is 19.1 Å². The number of unbranched alkanes of at least 4 members (excludes halogenated alkanes) is 1. The van der Waals surface area contributed by atoms with Crippen molar-refractivity contribution in [2.45, 2.75) is 32.3 Å². The highest BCUT2D eigenvalue weighted by Crippen LogP contribution is 1.99. The summed E-state index contributed by atoms with van der Waals surface area (Å²) in [5, 5.41) is 20.4. The molecule has 0 spiro atoms. The van der Waals surface area contributed by atoms with Gasteiger partial charge in [-0.1, -0.05) is 6.58 Å². The van der Waals surface area contributed by atoms with Crippen LogP contribution in [0.25, 0.3) is 0 Å². The molecule has 4 nitrogen and oxygen atoms in total. The third-order valence-electron chi connectivity index (χ3n) is 1.83. The molecule has 0 heterocycles. The van der Waals surface area contributed by atoms with E-state index in [2.05, 4.69) is 11.9 Å². The molecular formula is C10H19NO3. The molecule has 82 valence electrons. The fraction of sp³-hybridized carbons (Fsp3) is 0.700. The molecule has 1 atom stereocenters. The molecule has 0 fully saturated rings. The van der Waals surface area contributed by atoms with Gasteiger partial charge >= 0.3 is 0 Å². The van der Waals surface area contributed by atoms with Crippen molar-refractivity contribution in [1.82, 2.24) is 5.32 Å². The molecule has 0 bridgehead atoms. The van der Waals surface area contributed by atoms with Crippen molar-refractivity contribution in [3.8, 4) is 0 Å². The molecular weight excluding hydrogens is 182 g/mol. The molecule has 0 aromatic heterocycles. The summed E-state index contributed by atoms with van der Waals surface area (Å²) in [6, 6.07) is 0. The third-order valence-corrected chi connectivity index (χ3v) is 1.83. The van der Waals surface area contributed by atoms with Crippen molar-refractivity contribution in [3.05, 3.63) is 12.2 Å². The SMILES string of the molecule is C=C(C)C(=O)NCC(O)CCCCO. The van der Waals surface area contributed by atoms with Gasteiger partial charge in [-0.05, 0) is 26.2 Å². The highest BCUT2D eigenvalue weighted by molar-refractivity contribution is 5.92. The fourth-order valence-corrected chi connectivity index (χ4v) is 0.955. The molecule has 1 unspecified atom stereocenters. The summed E-state index contributed by atoms with van der Waals surface area (Å²) in [6.45, 7) is 5.49. The average molecular weight is 201 g/mol. The molecule has 0 saturated carbocycles. The van der Waals surface area contributed by atoms with E-state index in [1.807, 2.05) is 0 Å². The first kappa shape index (κ1) is 13.1. The number of rotatable bonds is 7. The number of hydrogen-bond acceptors (Lipinski definition) is 3. The Bertz CT molecular complexity index is 192. The topological polar surface area (TPSA) is 69.6 Å². The van der Waals surface area contributed by atoms with Gasteiger partial charge in [0.2, 0.25) is 5.91 Å². The van der Waals surface area contributed by atoms with Gasteiger partial charge in [0.25, 0.3) is 0 Å². The molecule has 3 N–H and O–H groups in total. The summed E-state index contributed by atoms with van der Waals surface area (Å²) in [5.74, 6) is -0.230. The first-order valence-corrected chi connectivity index (χ1v) is 4.80. The van der Waals surface area contributed by atoms with Crippen LogP contribution < -0.4 is 5.32 Å². The molecule has 0 saturated heterocycles. The van der Waals surface area contributed by atoms with Crippen LogP contribution in [0.15, 0.2) is 12.2 Å². The number of aliphatic hydroxyl groups is 2. The second-order valence-corrected chi connectivity index (χ2v) is 3.36.